The van der Waals surface area contributed by atoms with Crippen molar-refractivity contribution in [3.8, 4) is 0 Å². The van der Waals surface area contributed by atoms with E-state index in [1.807, 2.05) is 0 Å². The van der Waals surface area contributed by atoms with Gasteiger partial charge in [-0.25, -0.2) is 8.42 Å². The smallest absolute Gasteiger partial charge is 0.305 e. The maximum Gasteiger partial charge on any atom is 0.305 e. The van der Waals surface area contributed by atoms with Crippen LogP contribution >= 0.6 is 0 Å². The predicted octanol–water partition coefficient (Wildman–Crippen LogP) is -1.56. The lowest BCUT2D eigenvalue weighted by Crippen LogP contribution is -2.52. The number of rotatable bonds is 4. The van der Waals surface area contributed by atoms with Crippen molar-refractivity contribution in [2.45, 2.75) is 18.9 Å². The Morgan fingerprint density at radius 3 is 2.59 bits per heavy atom. The molecule has 98 valence electrons. The van der Waals surface area contributed by atoms with E-state index >= 15 is 0 Å². The van der Waals surface area contributed by atoms with Gasteiger partial charge in [-0.15, -0.1) is 0 Å². The quantitative estimate of drug-likeness (QED) is 0.633. The van der Waals surface area contributed by atoms with Crippen LogP contribution in [0.15, 0.2) is 0 Å². The molecule has 0 aromatic heterocycles. The van der Waals surface area contributed by atoms with E-state index in [2.05, 4.69) is 0 Å². The first kappa shape index (κ1) is 13.9. The zero-order chi connectivity index (χ0) is 13.1. The number of sulfone groups is 1. The van der Waals surface area contributed by atoms with E-state index < -0.39 is 21.8 Å². The number of hydrogen-bond acceptors (Lipinski definition) is 5. The molecule has 0 saturated carbocycles. The molecular weight excluding hydrogens is 248 g/mol. The number of aliphatic carboxylic acids is 1. The van der Waals surface area contributed by atoms with Crippen molar-refractivity contribution in [1.82, 2.24) is 4.90 Å². The van der Waals surface area contributed by atoms with E-state index in [0.29, 0.717) is 0 Å². The average molecular weight is 264 g/mol. The summed E-state index contributed by atoms with van der Waals surface area (Å²) < 4.78 is 22.8. The standard InChI is InChI=1S/C9H16N2O5S/c10-2-1-8(12)11-3-4-17(15,16)6-7(11)5-9(13)14/h7H,1-6,10H2,(H,13,14). The number of carbonyl (C=O) groups is 2. The summed E-state index contributed by atoms with van der Waals surface area (Å²) >= 11 is 0. The molecule has 1 atom stereocenters. The minimum Gasteiger partial charge on any atom is -0.481 e. The first-order chi connectivity index (χ1) is 7.85. The molecule has 17 heavy (non-hydrogen) atoms. The second kappa shape index (κ2) is 5.46. The van der Waals surface area contributed by atoms with Gasteiger partial charge in [-0.1, -0.05) is 0 Å². The highest BCUT2D eigenvalue weighted by Gasteiger charge is 2.34. The summed E-state index contributed by atoms with van der Waals surface area (Å²) in [5.41, 5.74) is 5.25. The summed E-state index contributed by atoms with van der Waals surface area (Å²) in [5.74, 6) is -1.79. The minimum absolute atomic E-state index is 0.0547. The number of carboxylic acids is 1. The van der Waals surface area contributed by atoms with Gasteiger partial charge in [0.2, 0.25) is 5.91 Å². The molecule has 1 unspecified atom stereocenters. The van der Waals surface area contributed by atoms with Crippen LogP contribution in [0.4, 0.5) is 0 Å². The van der Waals surface area contributed by atoms with Gasteiger partial charge in [0, 0.05) is 19.5 Å². The Bertz CT molecular complexity index is 406. The molecule has 0 spiro atoms. The lowest BCUT2D eigenvalue weighted by molar-refractivity contribution is -0.140. The minimum atomic E-state index is -3.25. The third-order valence-electron chi connectivity index (χ3n) is 2.62. The Hall–Kier alpha value is -1.15. The van der Waals surface area contributed by atoms with Crippen LogP contribution in [0.2, 0.25) is 0 Å². The van der Waals surface area contributed by atoms with E-state index in [4.69, 9.17) is 10.8 Å². The molecule has 1 aliphatic heterocycles. The molecule has 1 heterocycles. The second-order valence-electron chi connectivity index (χ2n) is 3.99. The molecule has 1 fully saturated rings. The molecule has 0 bridgehead atoms. The Balaban J connectivity index is 2.80. The largest absolute Gasteiger partial charge is 0.481 e. The van der Waals surface area contributed by atoms with Crippen molar-refractivity contribution >= 4 is 21.7 Å². The van der Waals surface area contributed by atoms with Gasteiger partial charge in [0.1, 0.15) is 0 Å². The molecular formula is C9H16N2O5S. The van der Waals surface area contributed by atoms with Crippen LogP contribution in [0.3, 0.4) is 0 Å². The topological polar surface area (TPSA) is 118 Å². The third kappa shape index (κ3) is 3.97. The van der Waals surface area contributed by atoms with Crippen LogP contribution in [-0.4, -0.2) is 60.9 Å². The molecule has 8 heteroatoms. The summed E-state index contributed by atoms with van der Waals surface area (Å²) in [7, 11) is -3.25. The van der Waals surface area contributed by atoms with E-state index in [0.717, 1.165) is 0 Å². The van der Waals surface area contributed by atoms with Crippen LogP contribution in [0.1, 0.15) is 12.8 Å². The lowest BCUT2D eigenvalue weighted by Gasteiger charge is -2.34. The normalized spacial score (nSPS) is 23.4. The molecule has 0 radical (unpaired) electrons. The molecule has 7 nitrogen and oxygen atoms in total. The molecule has 3 N–H and O–H groups in total. The van der Waals surface area contributed by atoms with Gasteiger partial charge in [0.15, 0.2) is 9.84 Å². The Morgan fingerprint density at radius 1 is 1.41 bits per heavy atom. The van der Waals surface area contributed by atoms with Crippen LogP contribution in [0, 0.1) is 0 Å². The first-order valence-corrected chi connectivity index (χ1v) is 7.09. The van der Waals surface area contributed by atoms with Gasteiger partial charge in [-0.3, -0.25) is 9.59 Å². The number of carboxylic acid groups (broad SMARTS) is 1. The molecule has 1 rings (SSSR count). The van der Waals surface area contributed by atoms with Crippen molar-refractivity contribution in [1.29, 1.82) is 0 Å². The predicted molar refractivity (Wildman–Crippen MR) is 60.1 cm³/mol. The van der Waals surface area contributed by atoms with Crippen LogP contribution < -0.4 is 5.73 Å². The molecule has 1 amide bonds. The third-order valence-corrected chi connectivity index (χ3v) is 4.32. The molecule has 1 saturated heterocycles. The van der Waals surface area contributed by atoms with E-state index in [-0.39, 0.29) is 43.3 Å². The fraction of sp³-hybridized carbons (Fsp3) is 0.778. The second-order valence-corrected chi connectivity index (χ2v) is 6.22. The van der Waals surface area contributed by atoms with Crippen molar-refractivity contribution in [2.75, 3.05) is 24.6 Å². The molecule has 0 aromatic carbocycles. The van der Waals surface area contributed by atoms with Crippen LogP contribution in [0.25, 0.3) is 0 Å². The summed E-state index contributed by atoms with van der Waals surface area (Å²) in [6.07, 6.45) is -0.244. The highest BCUT2D eigenvalue weighted by molar-refractivity contribution is 7.91. The SMILES string of the molecule is NCCC(=O)N1CCS(=O)(=O)CC1CC(=O)O. The van der Waals surface area contributed by atoms with Crippen molar-refractivity contribution in [3.63, 3.8) is 0 Å². The van der Waals surface area contributed by atoms with Crippen LogP contribution in [-0.2, 0) is 19.4 Å². The highest BCUT2D eigenvalue weighted by atomic mass is 32.2. The molecule has 0 aromatic rings. The maximum atomic E-state index is 11.7. The van der Waals surface area contributed by atoms with Gasteiger partial charge < -0.3 is 15.7 Å². The number of nitrogens with two attached hydrogens (primary N) is 1. The van der Waals surface area contributed by atoms with E-state index in [1.165, 1.54) is 4.90 Å². The Labute approximate surface area is 99.5 Å². The number of carbonyl (C=O) groups excluding carboxylic acids is 1. The van der Waals surface area contributed by atoms with Gasteiger partial charge >= 0.3 is 5.97 Å². The zero-order valence-electron chi connectivity index (χ0n) is 9.33. The summed E-state index contributed by atoms with van der Waals surface area (Å²) in [5, 5.41) is 8.71. The van der Waals surface area contributed by atoms with Gasteiger partial charge in [0.25, 0.3) is 0 Å². The number of nitrogens with zero attached hydrogens (tertiary/aromatic N) is 1. The van der Waals surface area contributed by atoms with E-state index in [1.54, 1.807) is 0 Å². The van der Waals surface area contributed by atoms with Crippen molar-refractivity contribution in [2.24, 2.45) is 5.73 Å². The highest BCUT2D eigenvalue weighted by Crippen LogP contribution is 2.16. The Morgan fingerprint density at radius 2 is 2.06 bits per heavy atom. The number of amides is 1. The average Bonchev–Trinajstić information content (AvgIpc) is 2.15. The summed E-state index contributed by atoms with van der Waals surface area (Å²) in [6, 6.07) is -0.773. The van der Waals surface area contributed by atoms with Gasteiger partial charge in [-0.05, 0) is 0 Å². The lowest BCUT2D eigenvalue weighted by atomic mass is 10.2. The fourth-order valence-corrected chi connectivity index (χ4v) is 3.38. The Kier molecular flexibility index (Phi) is 4.47. The molecule has 1 aliphatic rings. The number of hydrogen-bond donors (Lipinski definition) is 2. The van der Waals surface area contributed by atoms with Crippen molar-refractivity contribution in [3.05, 3.63) is 0 Å². The summed E-state index contributed by atoms with van der Waals surface area (Å²) in [4.78, 5) is 23.6. The monoisotopic (exact) mass is 264 g/mol. The maximum absolute atomic E-state index is 11.7. The zero-order valence-corrected chi connectivity index (χ0v) is 10.1. The van der Waals surface area contributed by atoms with Gasteiger partial charge in [-0.2, -0.15) is 0 Å². The van der Waals surface area contributed by atoms with Gasteiger partial charge in [0.05, 0.1) is 24.0 Å². The summed E-state index contributed by atoms with van der Waals surface area (Å²) in [6.45, 7) is 0.223. The molecule has 0 aliphatic carbocycles. The van der Waals surface area contributed by atoms with E-state index in [9.17, 15) is 18.0 Å². The van der Waals surface area contributed by atoms with Crippen LogP contribution in [0.5, 0.6) is 0 Å². The van der Waals surface area contributed by atoms with Crippen molar-refractivity contribution < 1.29 is 23.1 Å². The fourth-order valence-electron chi connectivity index (χ4n) is 1.85. The first-order valence-electron chi connectivity index (χ1n) is 5.27.